The summed E-state index contributed by atoms with van der Waals surface area (Å²) in [6, 6.07) is 21.3. The molecule has 0 aliphatic carbocycles. The zero-order valence-corrected chi connectivity index (χ0v) is 22.0. The van der Waals surface area contributed by atoms with Crippen molar-refractivity contribution in [1.82, 2.24) is 19.6 Å². The fourth-order valence-corrected chi connectivity index (χ4v) is 7.43. The number of carbonyl (C=O) groups excluding carboxylic acids is 1. The van der Waals surface area contributed by atoms with Gasteiger partial charge in [-0.3, -0.25) is 9.69 Å². The molecule has 2 atom stereocenters. The van der Waals surface area contributed by atoms with E-state index in [1.807, 2.05) is 0 Å². The SMILES string of the molecule is CN1CC2(c3ccccc3)CCN(C3(C)CN(C)CCN(C)C3)CCC(c3ccccc3)(C1)C2=O. The molecule has 3 heterocycles. The molecule has 0 amide bonds. The van der Waals surface area contributed by atoms with Crippen LogP contribution in [0.5, 0.6) is 0 Å². The third kappa shape index (κ3) is 4.37. The number of fused-ring (bicyclic) bond motifs is 2. The van der Waals surface area contributed by atoms with Crippen LogP contribution in [0.3, 0.4) is 0 Å². The van der Waals surface area contributed by atoms with E-state index in [0.717, 1.165) is 65.2 Å². The molecule has 0 spiro atoms. The molecular weight excluding hydrogens is 432 g/mol. The summed E-state index contributed by atoms with van der Waals surface area (Å²) < 4.78 is 0. The Hall–Kier alpha value is -2.05. The number of carbonyl (C=O) groups is 1. The van der Waals surface area contributed by atoms with Crippen LogP contribution >= 0.6 is 0 Å². The molecule has 5 rings (SSSR count). The Morgan fingerprint density at radius 1 is 0.600 bits per heavy atom. The number of benzene rings is 2. The molecule has 2 bridgehead atoms. The summed E-state index contributed by atoms with van der Waals surface area (Å²) in [7, 11) is 6.72. The Labute approximate surface area is 211 Å². The molecule has 2 aromatic rings. The highest BCUT2D eigenvalue weighted by atomic mass is 16.1. The van der Waals surface area contributed by atoms with Gasteiger partial charge in [-0.05, 0) is 52.0 Å². The number of hydrogen-bond acceptors (Lipinski definition) is 5. The van der Waals surface area contributed by atoms with Crippen LogP contribution in [-0.2, 0) is 15.6 Å². The Bertz CT molecular complexity index is 952. The average Bonchev–Trinajstić information content (AvgIpc) is 2.99. The second-order valence-electron chi connectivity index (χ2n) is 11.9. The molecule has 3 aliphatic rings. The summed E-state index contributed by atoms with van der Waals surface area (Å²) in [6.45, 7) is 10.2. The summed E-state index contributed by atoms with van der Waals surface area (Å²) in [5.41, 5.74) is 1.41. The molecule has 188 valence electrons. The first-order chi connectivity index (χ1) is 16.8. The summed E-state index contributed by atoms with van der Waals surface area (Å²) in [4.78, 5) is 25.0. The number of nitrogens with zero attached hydrogens (tertiary/aromatic N) is 4. The van der Waals surface area contributed by atoms with Crippen LogP contribution in [0.1, 0.15) is 30.9 Å². The van der Waals surface area contributed by atoms with Gasteiger partial charge in [0.25, 0.3) is 0 Å². The maximum Gasteiger partial charge on any atom is 0.156 e. The van der Waals surface area contributed by atoms with Crippen LogP contribution in [0.25, 0.3) is 0 Å². The Balaban J connectivity index is 1.62. The van der Waals surface area contributed by atoms with E-state index in [4.69, 9.17) is 0 Å². The van der Waals surface area contributed by atoms with Gasteiger partial charge in [0.1, 0.15) is 0 Å². The van der Waals surface area contributed by atoms with Crippen LogP contribution in [0.15, 0.2) is 60.7 Å². The van der Waals surface area contributed by atoms with Crippen molar-refractivity contribution in [2.24, 2.45) is 0 Å². The molecule has 0 saturated carbocycles. The average molecular weight is 475 g/mol. The Kier molecular flexibility index (Phi) is 6.64. The highest BCUT2D eigenvalue weighted by Crippen LogP contribution is 2.47. The van der Waals surface area contributed by atoms with Gasteiger partial charge in [0.05, 0.1) is 10.8 Å². The largest absolute Gasteiger partial charge is 0.304 e. The molecule has 5 heteroatoms. The Morgan fingerprint density at radius 2 is 1.03 bits per heavy atom. The van der Waals surface area contributed by atoms with Crippen molar-refractivity contribution in [2.75, 3.05) is 73.5 Å². The number of hydrogen-bond donors (Lipinski definition) is 0. The summed E-state index contributed by atoms with van der Waals surface area (Å²) >= 11 is 0. The lowest BCUT2D eigenvalue weighted by atomic mass is 9.57. The monoisotopic (exact) mass is 474 g/mol. The topological polar surface area (TPSA) is 30.0 Å². The predicted octanol–water partition coefficient (Wildman–Crippen LogP) is 3.11. The van der Waals surface area contributed by atoms with E-state index in [2.05, 4.69) is 108 Å². The van der Waals surface area contributed by atoms with Gasteiger partial charge >= 0.3 is 0 Å². The molecule has 2 aromatic carbocycles. The standard InChI is InChI=1S/C30H42N4O/c1-28(21-31(2)19-20-32(3)22-28)34-17-15-29(25-11-7-5-8-12-25)23-33(4)24-30(16-18-34,27(29)35)26-13-9-6-10-14-26/h5-14H,15-24H2,1-4H3. The van der Waals surface area contributed by atoms with Crippen LogP contribution in [0, 0.1) is 0 Å². The van der Waals surface area contributed by atoms with Crippen molar-refractivity contribution in [3.05, 3.63) is 71.8 Å². The van der Waals surface area contributed by atoms with Gasteiger partial charge in [0, 0.05) is 57.9 Å². The first-order valence-electron chi connectivity index (χ1n) is 13.2. The van der Waals surface area contributed by atoms with Crippen LogP contribution < -0.4 is 0 Å². The van der Waals surface area contributed by atoms with Gasteiger partial charge in [0.15, 0.2) is 5.78 Å². The molecule has 3 aliphatic heterocycles. The molecule has 0 aromatic heterocycles. The van der Waals surface area contributed by atoms with E-state index in [0.29, 0.717) is 5.78 Å². The van der Waals surface area contributed by atoms with Crippen molar-refractivity contribution in [3.8, 4) is 0 Å². The van der Waals surface area contributed by atoms with Crippen molar-refractivity contribution in [2.45, 2.75) is 36.1 Å². The fourth-order valence-electron chi connectivity index (χ4n) is 7.43. The lowest BCUT2D eigenvalue weighted by Gasteiger charge is -2.55. The quantitative estimate of drug-likeness (QED) is 0.682. The first kappa shape index (κ1) is 24.6. The predicted molar refractivity (Wildman–Crippen MR) is 143 cm³/mol. The minimum atomic E-state index is -0.498. The molecule has 0 N–H and O–H groups in total. The van der Waals surface area contributed by atoms with E-state index in [-0.39, 0.29) is 5.54 Å². The van der Waals surface area contributed by atoms with E-state index in [1.54, 1.807) is 0 Å². The zero-order valence-electron chi connectivity index (χ0n) is 22.0. The van der Waals surface area contributed by atoms with Gasteiger partial charge in [0.2, 0.25) is 0 Å². The second kappa shape index (κ2) is 9.44. The van der Waals surface area contributed by atoms with Crippen molar-refractivity contribution in [1.29, 1.82) is 0 Å². The molecule has 3 saturated heterocycles. The van der Waals surface area contributed by atoms with Gasteiger partial charge in [-0.15, -0.1) is 0 Å². The molecule has 5 nitrogen and oxygen atoms in total. The maximum absolute atomic E-state index is 14.8. The molecule has 35 heavy (non-hydrogen) atoms. The number of ketones is 1. The fraction of sp³-hybridized carbons (Fsp3) is 0.567. The van der Waals surface area contributed by atoms with E-state index >= 15 is 0 Å². The van der Waals surface area contributed by atoms with Gasteiger partial charge in [-0.1, -0.05) is 60.7 Å². The Morgan fingerprint density at radius 3 is 1.46 bits per heavy atom. The van der Waals surface area contributed by atoms with Crippen molar-refractivity contribution in [3.63, 3.8) is 0 Å². The summed E-state index contributed by atoms with van der Waals surface area (Å²) in [6.07, 6.45) is 1.72. The van der Waals surface area contributed by atoms with E-state index in [9.17, 15) is 4.79 Å². The van der Waals surface area contributed by atoms with Gasteiger partial charge in [-0.2, -0.15) is 0 Å². The smallest absolute Gasteiger partial charge is 0.156 e. The highest BCUT2D eigenvalue weighted by molar-refractivity contribution is 6.00. The molecular formula is C30H42N4O. The normalized spacial score (nSPS) is 31.5. The van der Waals surface area contributed by atoms with Crippen LogP contribution in [0.4, 0.5) is 0 Å². The first-order valence-corrected chi connectivity index (χ1v) is 13.2. The lowest BCUT2D eigenvalue weighted by molar-refractivity contribution is -0.139. The lowest BCUT2D eigenvalue weighted by Crippen LogP contribution is -2.67. The third-order valence-electron chi connectivity index (χ3n) is 9.07. The van der Waals surface area contributed by atoms with Crippen molar-refractivity contribution < 1.29 is 4.79 Å². The minimum absolute atomic E-state index is 0.0519. The van der Waals surface area contributed by atoms with Crippen LogP contribution in [0.2, 0.25) is 0 Å². The molecule has 0 radical (unpaired) electrons. The number of piperidine rings is 1. The van der Waals surface area contributed by atoms with Gasteiger partial charge in [-0.25, -0.2) is 0 Å². The van der Waals surface area contributed by atoms with Gasteiger partial charge < -0.3 is 14.7 Å². The van der Waals surface area contributed by atoms with E-state index in [1.165, 1.54) is 11.1 Å². The third-order valence-corrected chi connectivity index (χ3v) is 9.07. The number of rotatable bonds is 3. The number of Topliss-reactive ketones (excluding diaryl/α,β-unsaturated/α-hetero) is 1. The van der Waals surface area contributed by atoms with Crippen molar-refractivity contribution >= 4 is 5.78 Å². The summed E-state index contributed by atoms with van der Waals surface area (Å²) in [5.74, 6) is 0.431. The number of likely N-dealkylation sites (N-methyl/N-ethyl adjacent to an activating group) is 3. The van der Waals surface area contributed by atoms with Crippen LogP contribution in [-0.4, -0.2) is 104 Å². The minimum Gasteiger partial charge on any atom is -0.304 e. The second-order valence-corrected chi connectivity index (χ2v) is 11.9. The zero-order chi connectivity index (χ0) is 24.7. The number of likely N-dealkylation sites (tertiary alicyclic amines) is 2. The maximum atomic E-state index is 14.8. The van der Waals surface area contributed by atoms with E-state index < -0.39 is 10.8 Å². The highest BCUT2D eigenvalue weighted by Gasteiger charge is 2.57. The molecule has 3 fully saturated rings. The summed E-state index contributed by atoms with van der Waals surface area (Å²) in [5, 5.41) is 0. The molecule has 2 unspecified atom stereocenters.